The fourth-order valence-electron chi connectivity index (χ4n) is 3.73. The molecular formula is C15H20N6O5S. The molecule has 2 saturated heterocycles. The largest absolute Gasteiger partial charge is 0.480 e. The summed E-state index contributed by atoms with van der Waals surface area (Å²) in [5.74, 6) is 0.0869. The van der Waals surface area contributed by atoms with Crippen molar-refractivity contribution in [2.45, 2.75) is 42.4 Å². The molecule has 2 aromatic heterocycles. The number of fused-ring (bicyclic) bond motifs is 2. The average Bonchev–Trinajstić information content (AvgIpc) is 3.25. The Morgan fingerprint density at radius 1 is 1.48 bits per heavy atom. The third-order valence-electron chi connectivity index (χ3n) is 5.20. The monoisotopic (exact) mass is 396 g/mol. The number of ether oxygens (including phenoxy) is 1. The maximum atomic E-state index is 10.9. The van der Waals surface area contributed by atoms with E-state index >= 15 is 0 Å². The number of carboxylic acid groups (broad SMARTS) is 1. The summed E-state index contributed by atoms with van der Waals surface area (Å²) in [5.41, 5.74) is 9.73. The number of nitrogen functional groups attached to an aromatic ring is 1. The Morgan fingerprint density at radius 3 is 2.96 bits per heavy atom. The van der Waals surface area contributed by atoms with E-state index in [0.29, 0.717) is 29.1 Å². The SMILES string of the molecule is Nc1ncnc2c1ncn2[C@@H]1O[C@@]2(CSCC[C@@H](N)C(=O)O)C[C@@]1(O)C2O. The van der Waals surface area contributed by atoms with Crippen molar-refractivity contribution in [2.75, 3.05) is 17.2 Å². The molecule has 1 aliphatic carbocycles. The molecule has 0 amide bonds. The molecule has 146 valence electrons. The number of aliphatic hydroxyl groups is 2. The van der Waals surface area contributed by atoms with Crippen LogP contribution in [0.2, 0.25) is 0 Å². The van der Waals surface area contributed by atoms with E-state index in [2.05, 4.69) is 15.0 Å². The van der Waals surface area contributed by atoms with E-state index in [1.165, 1.54) is 24.4 Å². The van der Waals surface area contributed by atoms with Crippen molar-refractivity contribution in [1.82, 2.24) is 19.5 Å². The predicted octanol–water partition coefficient (Wildman–Crippen LogP) is -1.29. The van der Waals surface area contributed by atoms with Gasteiger partial charge in [-0.05, 0) is 12.2 Å². The first-order valence-electron chi connectivity index (χ1n) is 8.36. The number of imidazole rings is 1. The van der Waals surface area contributed by atoms with Crippen LogP contribution in [-0.4, -0.2) is 75.7 Å². The Labute approximate surface area is 157 Å². The standard InChI is InChI=1S/C15H20N6O5S/c16-7(11(22)23)1-2-27-4-14-3-15(25,12(14)24)13(26-14)21-6-20-8-9(17)18-5-19-10(8)21/h5-7,12-13,24-25H,1-4,16H2,(H,22,23)(H2,17,18,19)/t7-,12?,13-,14-,15-/m1/s1. The van der Waals surface area contributed by atoms with Gasteiger partial charge >= 0.3 is 5.97 Å². The molecule has 11 nitrogen and oxygen atoms in total. The first-order chi connectivity index (χ1) is 12.8. The zero-order valence-corrected chi connectivity index (χ0v) is 15.0. The Hall–Kier alpha value is -1.99. The summed E-state index contributed by atoms with van der Waals surface area (Å²) in [6, 6.07) is -0.919. The zero-order chi connectivity index (χ0) is 19.4. The number of hydrogen-bond acceptors (Lipinski definition) is 10. The Kier molecular flexibility index (Phi) is 4.27. The number of carboxylic acids is 1. The second-order valence-corrected chi connectivity index (χ2v) is 8.08. The van der Waals surface area contributed by atoms with Gasteiger partial charge in [0.2, 0.25) is 0 Å². The van der Waals surface area contributed by atoms with E-state index in [1.807, 2.05) is 0 Å². The lowest BCUT2D eigenvalue weighted by Crippen LogP contribution is -2.65. The number of aliphatic carboxylic acids is 1. The van der Waals surface area contributed by atoms with Crippen LogP contribution >= 0.6 is 11.8 Å². The van der Waals surface area contributed by atoms with Crippen LogP contribution in [0.5, 0.6) is 0 Å². The molecule has 0 spiro atoms. The van der Waals surface area contributed by atoms with Crippen LogP contribution in [0.4, 0.5) is 5.82 Å². The number of aromatic nitrogens is 4. The highest BCUT2D eigenvalue weighted by molar-refractivity contribution is 7.99. The highest BCUT2D eigenvalue weighted by atomic mass is 32.2. The Bertz CT molecular complexity index is 895. The molecule has 3 aliphatic rings. The van der Waals surface area contributed by atoms with Crippen molar-refractivity contribution in [3.63, 3.8) is 0 Å². The number of thioether (sulfide) groups is 1. The van der Waals surface area contributed by atoms with Crippen molar-refractivity contribution in [1.29, 1.82) is 0 Å². The minimum Gasteiger partial charge on any atom is -0.480 e. The topological polar surface area (TPSA) is 183 Å². The van der Waals surface area contributed by atoms with Crippen molar-refractivity contribution >= 4 is 34.7 Å². The molecule has 2 aromatic rings. The molecule has 12 heteroatoms. The van der Waals surface area contributed by atoms with Crippen LogP contribution in [0, 0.1) is 0 Å². The summed E-state index contributed by atoms with van der Waals surface area (Å²) in [4.78, 5) is 23.0. The number of carbonyl (C=O) groups is 1. The van der Waals surface area contributed by atoms with Gasteiger partial charge in [-0.25, -0.2) is 15.0 Å². The van der Waals surface area contributed by atoms with Crippen molar-refractivity contribution in [2.24, 2.45) is 5.73 Å². The van der Waals surface area contributed by atoms with Crippen molar-refractivity contribution in [3.05, 3.63) is 12.7 Å². The van der Waals surface area contributed by atoms with Crippen molar-refractivity contribution in [3.8, 4) is 0 Å². The van der Waals surface area contributed by atoms with Crippen LogP contribution in [0.25, 0.3) is 11.2 Å². The maximum absolute atomic E-state index is 10.9. The van der Waals surface area contributed by atoms with Gasteiger partial charge in [0.05, 0.1) is 6.33 Å². The maximum Gasteiger partial charge on any atom is 0.320 e. The molecule has 1 unspecified atom stereocenters. The third-order valence-corrected chi connectivity index (χ3v) is 6.42. The van der Waals surface area contributed by atoms with Gasteiger partial charge in [0.15, 0.2) is 17.7 Å². The summed E-state index contributed by atoms with van der Waals surface area (Å²) in [6.45, 7) is 0. The molecule has 27 heavy (non-hydrogen) atoms. The van der Waals surface area contributed by atoms with Crippen LogP contribution in [0.15, 0.2) is 12.7 Å². The highest BCUT2D eigenvalue weighted by Crippen LogP contribution is 2.61. The van der Waals surface area contributed by atoms with Gasteiger partial charge in [-0.15, -0.1) is 0 Å². The summed E-state index contributed by atoms with van der Waals surface area (Å²) < 4.78 is 7.59. The summed E-state index contributed by atoms with van der Waals surface area (Å²) in [5, 5.41) is 30.2. The Balaban J connectivity index is 1.48. The summed E-state index contributed by atoms with van der Waals surface area (Å²) in [7, 11) is 0. The van der Waals surface area contributed by atoms with Crippen LogP contribution < -0.4 is 11.5 Å². The second kappa shape index (κ2) is 6.27. The molecule has 0 radical (unpaired) electrons. The molecule has 2 bridgehead atoms. The summed E-state index contributed by atoms with van der Waals surface area (Å²) >= 11 is 1.43. The Morgan fingerprint density at radius 2 is 2.26 bits per heavy atom. The quantitative estimate of drug-likeness (QED) is 0.351. The first-order valence-corrected chi connectivity index (χ1v) is 9.51. The van der Waals surface area contributed by atoms with Gasteiger partial charge in [-0.3, -0.25) is 9.36 Å². The van der Waals surface area contributed by atoms with Gasteiger partial charge < -0.3 is 31.5 Å². The average molecular weight is 396 g/mol. The molecule has 2 aliphatic heterocycles. The molecular weight excluding hydrogens is 376 g/mol. The molecule has 5 atom stereocenters. The minimum absolute atomic E-state index is 0.219. The normalized spacial score (nSPS) is 33.1. The molecule has 4 heterocycles. The number of anilines is 1. The number of aliphatic hydroxyl groups excluding tert-OH is 1. The number of rotatable bonds is 7. The van der Waals surface area contributed by atoms with Gasteiger partial charge in [-0.1, -0.05) is 0 Å². The first kappa shape index (κ1) is 18.4. The van der Waals surface area contributed by atoms with Crippen LogP contribution in [0.3, 0.4) is 0 Å². The van der Waals surface area contributed by atoms with Crippen molar-refractivity contribution < 1.29 is 24.9 Å². The summed E-state index contributed by atoms with van der Waals surface area (Å²) in [6.07, 6.45) is 1.39. The highest BCUT2D eigenvalue weighted by Gasteiger charge is 2.75. The molecule has 7 N–H and O–H groups in total. The molecule has 3 fully saturated rings. The smallest absolute Gasteiger partial charge is 0.320 e. The molecule has 0 aromatic carbocycles. The number of nitrogens with two attached hydrogens (primary N) is 2. The predicted molar refractivity (Wildman–Crippen MR) is 95.7 cm³/mol. The lowest BCUT2D eigenvalue weighted by Gasteiger charge is -2.46. The van der Waals surface area contributed by atoms with E-state index < -0.39 is 35.5 Å². The van der Waals surface area contributed by atoms with Gasteiger partial charge in [0.25, 0.3) is 0 Å². The van der Waals surface area contributed by atoms with E-state index in [9.17, 15) is 15.0 Å². The number of nitrogens with zero attached hydrogens (tertiary/aromatic N) is 4. The minimum atomic E-state index is -1.45. The fourth-order valence-corrected chi connectivity index (χ4v) is 4.97. The second-order valence-electron chi connectivity index (χ2n) is 6.97. The van der Waals surface area contributed by atoms with Gasteiger partial charge in [-0.2, -0.15) is 11.8 Å². The zero-order valence-electron chi connectivity index (χ0n) is 14.2. The fraction of sp³-hybridized carbons (Fsp3) is 0.600. The van der Waals surface area contributed by atoms with Gasteiger partial charge in [0, 0.05) is 12.2 Å². The lowest BCUT2D eigenvalue weighted by atomic mass is 9.68. The van der Waals surface area contributed by atoms with Crippen LogP contribution in [0.1, 0.15) is 19.1 Å². The van der Waals surface area contributed by atoms with E-state index in [4.69, 9.17) is 21.3 Å². The van der Waals surface area contributed by atoms with Gasteiger partial charge in [0.1, 0.15) is 35.2 Å². The molecule has 1 saturated carbocycles. The lowest BCUT2D eigenvalue weighted by molar-refractivity contribution is -0.169. The number of hydrogen-bond donors (Lipinski definition) is 5. The van der Waals surface area contributed by atoms with E-state index in [0.717, 1.165) is 0 Å². The van der Waals surface area contributed by atoms with Crippen LogP contribution in [-0.2, 0) is 9.53 Å². The third kappa shape index (κ3) is 2.67. The van der Waals surface area contributed by atoms with E-state index in [1.54, 1.807) is 4.57 Å². The molecule has 5 rings (SSSR count). The van der Waals surface area contributed by atoms with E-state index in [-0.39, 0.29) is 12.2 Å².